The summed E-state index contributed by atoms with van der Waals surface area (Å²) in [6.07, 6.45) is 2.45. The average molecular weight is 220 g/mol. The molecule has 2 bridgehead atoms. The third-order valence-electron chi connectivity index (χ3n) is 3.48. The predicted octanol–water partition coefficient (Wildman–Crippen LogP) is 0.113. The minimum Gasteiger partial charge on any atom is -0.387 e. The first-order valence-electron chi connectivity index (χ1n) is 5.25. The van der Waals surface area contributed by atoms with Crippen LogP contribution in [0.25, 0.3) is 0 Å². The number of hydrogen-bond acceptors (Lipinski definition) is 5. The first-order chi connectivity index (χ1) is 7.59. The van der Waals surface area contributed by atoms with Crippen LogP contribution in [0.3, 0.4) is 0 Å². The fourth-order valence-corrected chi connectivity index (χ4v) is 2.53. The molecule has 0 radical (unpaired) electrons. The topological polar surface area (TPSA) is 84.0 Å². The third-order valence-corrected chi connectivity index (χ3v) is 3.48. The lowest BCUT2D eigenvalue weighted by Crippen LogP contribution is -2.50. The van der Waals surface area contributed by atoms with Gasteiger partial charge in [-0.05, 0) is 6.92 Å². The van der Waals surface area contributed by atoms with Gasteiger partial charge in [0.15, 0.2) is 5.60 Å². The molecule has 0 aromatic carbocycles. The van der Waals surface area contributed by atoms with E-state index in [2.05, 4.69) is 16.4 Å². The molecule has 1 aliphatic carbocycles. The molecule has 4 rings (SSSR count). The Bertz CT molecular complexity index is 467. The Morgan fingerprint density at radius 3 is 2.94 bits per heavy atom. The average Bonchev–Trinajstić information content (AvgIpc) is 2.89. The molecule has 1 atom stereocenters. The first-order valence-corrected chi connectivity index (χ1v) is 5.25. The molecule has 3 heterocycles. The molecule has 16 heavy (non-hydrogen) atoms. The van der Waals surface area contributed by atoms with Crippen LogP contribution in [-0.2, 0) is 10.3 Å². The van der Waals surface area contributed by atoms with Gasteiger partial charge < -0.3 is 9.84 Å². The standard InChI is InChI=1S/C10H12N4O2/c1-7(15)8-2-14(13-12-8)9-3-10(4-9,5-11)16-6-9/h2,7,15H,3-4,6H2,1H3/t7-,9?,10?/m0/s1. The molecule has 3 aliphatic rings. The molecule has 3 fully saturated rings. The van der Waals surface area contributed by atoms with Crippen molar-refractivity contribution in [1.82, 2.24) is 15.0 Å². The molecule has 0 amide bonds. The van der Waals surface area contributed by atoms with Crippen LogP contribution >= 0.6 is 0 Å². The fourth-order valence-electron chi connectivity index (χ4n) is 2.53. The summed E-state index contributed by atoms with van der Waals surface area (Å²) in [5, 5.41) is 26.2. The molecule has 2 saturated heterocycles. The zero-order chi connectivity index (χ0) is 11.4. The van der Waals surface area contributed by atoms with Crippen molar-refractivity contribution in [2.45, 2.75) is 37.0 Å². The number of aliphatic hydroxyl groups excluding tert-OH is 1. The van der Waals surface area contributed by atoms with Crippen LogP contribution in [0.15, 0.2) is 6.20 Å². The van der Waals surface area contributed by atoms with Crippen molar-refractivity contribution in [2.75, 3.05) is 6.61 Å². The van der Waals surface area contributed by atoms with Crippen molar-refractivity contribution in [3.8, 4) is 6.07 Å². The SMILES string of the molecule is C[C@H](O)c1cn(C23COC(C#N)(C2)C3)nn1. The summed E-state index contributed by atoms with van der Waals surface area (Å²) >= 11 is 0. The highest BCUT2D eigenvalue weighted by molar-refractivity contribution is 5.24. The van der Waals surface area contributed by atoms with E-state index in [0.29, 0.717) is 25.1 Å². The van der Waals surface area contributed by atoms with Crippen molar-refractivity contribution >= 4 is 0 Å². The smallest absolute Gasteiger partial charge is 0.159 e. The van der Waals surface area contributed by atoms with E-state index in [-0.39, 0.29) is 5.54 Å². The molecular formula is C10H12N4O2. The number of nitrogens with zero attached hydrogens (tertiary/aromatic N) is 4. The second-order valence-corrected chi connectivity index (χ2v) is 4.74. The summed E-state index contributed by atoms with van der Waals surface area (Å²) in [4.78, 5) is 0. The van der Waals surface area contributed by atoms with E-state index in [1.54, 1.807) is 17.8 Å². The molecule has 1 saturated carbocycles. The summed E-state index contributed by atoms with van der Waals surface area (Å²) in [5.41, 5.74) is -0.261. The lowest BCUT2D eigenvalue weighted by Gasteiger charge is -2.39. The zero-order valence-electron chi connectivity index (χ0n) is 8.92. The molecule has 6 heteroatoms. The first kappa shape index (κ1) is 9.75. The summed E-state index contributed by atoms with van der Waals surface area (Å²) in [6.45, 7) is 2.15. The van der Waals surface area contributed by atoms with E-state index in [9.17, 15) is 5.11 Å². The van der Waals surface area contributed by atoms with E-state index in [0.717, 1.165) is 0 Å². The maximum atomic E-state index is 9.37. The van der Waals surface area contributed by atoms with Crippen molar-refractivity contribution in [3.63, 3.8) is 0 Å². The van der Waals surface area contributed by atoms with Gasteiger partial charge in [0.25, 0.3) is 0 Å². The molecule has 84 valence electrons. The molecule has 1 aromatic rings. The Morgan fingerprint density at radius 2 is 2.44 bits per heavy atom. The van der Waals surface area contributed by atoms with Gasteiger partial charge in [0.05, 0.1) is 30.5 Å². The summed E-state index contributed by atoms with van der Waals surface area (Å²) in [5.74, 6) is 0. The molecule has 0 unspecified atom stereocenters. The van der Waals surface area contributed by atoms with E-state index >= 15 is 0 Å². The van der Waals surface area contributed by atoms with E-state index in [1.807, 2.05) is 0 Å². The van der Waals surface area contributed by atoms with Gasteiger partial charge in [-0.2, -0.15) is 5.26 Å². The second kappa shape index (κ2) is 2.81. The maximum Gasteiger partial charge on any atom is 0.159 e. The number of nitriles is 1. The van der Waals surface area contributed by atoms with Crippen molar-refractivity contribution < 1.29 is 9.84 Å². The Hall–Kier alpha value is -1.45. The second-order valence-electron chi connectivity index (χ2n) is 4.74. The van der Waals surface area contributed by atoms with Crippen LogP contribution in [0.2, 0.25) is 0 Å². The van der Waals surface area contributed by atoms with Crippen molar-refractivity contribution in [3.05, 3.63) is 11.9 Å². The van der Waals surface area contributed by atoms with Crippen molar-refractivity contribution in [1.29, 1.82) is 5.26 Å². The molecule has 0 spiro atoms. The Kier molecular flexibility index (Phi) is 1.71. The number of aromatic nitrogens is 3. The zero-order valence-corrected chi connectivity index (χ0v) is 8.92. The number of aliphatic hydroxyl groups is 1. The number of rotatable bonds is 2. The molecular weight excluding hydrogens is 208 g/mol. The Balaban J connectivity index is 1.88. The van der Waals surface area contributed by atoms with Crippen LogP contribution < -0.4 is 0 Å². The highest BCUT2D eigenvalue weighted by atomic mass is 16.5. The number of ether oxygens (including phenoxy) is 1. The van der Waals surface area contributed by atoms with Crippen LogP contribution in [0, 0.1) is 11.3 Å². The lowest BCUT2D eigenvalue weighted by molar-refractivity contribution is 0.0391. The minimum absolute atomic E-state index is 0.212. The fraction of sp³-hybridized carbons (Fsp3) is 0.700. The Morgan fingerprint density at radius 1 is 1.69 bits per heavy atom. The van der Waals surface area contributed by atoms with Gasteiger partial charge in [0.2, 0.25) is 0 Å². The van der Waals surface area contributed by atoms with E-state index in [4.69, 9.17) is 10.00 Å². The van der Waals surface area contributed by atoms with Gasteiger partial charge in [-0.25, -0.2) is 4.68 Å². The molecule has 1 aromatic heterocycles. The van der Waals surface area contributed by atoms with E-state index in [1.165, 1.54) is 0 Å². The van der Waals surface area contributed by atoms with Gasteiger partial charge in [0.1, 0.15) is 5.69 Å². The quantitative estimate of drug-likeness (QED) is 0.764. The maximum absolute atomic E-state index is 9.37. The minimum atomic E-state index is -0.617. The van der Waals surface area contributed by atoms with Crippen LogP contribution in [-0.4, -0.2) is 32.3 Å². The van der Waals surface area contributed by atoms with Gasteiger partial charge in [-0.15, -0.1) is 5.10 Å². The summed E-state index contributed by atoms with van der Waals surface area (Å²) in [7, 11) is 0. The van der Waals surface area contributed by atoms with Gasteiger partial charge >= 0.3 is 0 Å². The van der Waals surface area contributed by atoms with Gasteiger partial charge in [-0.1, -0.05) is 5.21 Å². The normalized spacial score (nSPS) is 37.8. The number of hydrogen-bond donors (Lipinski definition) is 1. The third kappa shape index (κ3) is 1.07. The monoisotopic (exact) mass is 220 g/mol. The largest absolute Gasteiger partial charge is 0.387 e. The van der Waals surface area contributed by atoms with Gasteiger partial charge in [0, 0.05) is 12.8 Å². The van der Waals surface area contributed by atoms with E-state index < -0.39 is 11.7 Å². The molecule has 1 N–H and O–H groups in total. The van der Waals surface area contributed by atoms with Crippen LogP contribution in [0.4, 0.5) is 0 Å². The van der Waals surface area contributed by atoms with Crippen LogP contribution in [0.1, 0.15) is 31.6 Å². The molecule has 2 aliphatic heterocycles. The summed E-state index contributed by atoms with van der Waals surface area (Å²) < 4.78 is 7.21. The highest BCUT2D eigenvalue weighted by Crippen LogP contribution is 2.55. The lowest BCUT2D eigenvalue weighted by atomic mass is 9.69. The van der Waals surface area contributed by atoms with Crippen molar-refractivity contribution in [2.24, 2.45) is 0 Å². The van der Waals surface area contributed by atoms with Crippen LogP contribution in [0.5, 0.6) is 0 Å². The number of fused-ring (bicyclic) bond motifs is 1. The highest BCUT2D eigenvalue weighted by Gasteiger charge is 2.65. The Labute approximate surface area is 92.4 Å². The van der Waals surface area contributed by atoms with Gasteiger partial charge in [-0.3, -0.25) is 0 Å². The molecule has 6 nitrogen and oxygen atoms in total. The predicted molar refractivity (Wildman–Crippen MR) is 52.2 cm³/mol. The summed E-state index contributed by atoms with van der Waals surface area (Å²) in [6, 6.07) is 2.20.